The van der Waals surface area contributed by atoms with E-state index in [9.17, 15) is 13.2 Å². The normalized spacial score (nSPS) is 14.4. The molecule has 3 aromatic rings. The molecule has 2 aromatic heterocycles. The number of pyridine rings is 1. The average molecular weight is 376 g/mol. The van der Waals surface area contributed by atoms with Gasteiger partial charge in [0.25, 0.3) is 5.91 Å². The van der Waals surface area contributed by atoms with Gasteiger partial charge in [-0.25, -0.2) is 18.1 Å². The van der Waals surface area contributed by atoms with Crippen LogP contribution in [0, 0.1) is 0 Å². The van der Waals surface area contributed by atoms with E-state index in [1.165, 1.54) is 23.0 Å². The van der Waals surface area contributed by atoms with Gasteiger partial charge in [0, 0.05) is 11.9 Å². The zero-order valence-electron chi connectivity index (χ0n) is 12.5. The predicted molar refractivity (Wildman–Crippen MR) is 89.4 cm³/mol. The number of benzene rings is 1. The number of carbonyl (C=O) groups is 1. The fourth-order valence-electron chi connectivity index (χ4n) is 2.62. The Labute approximate surface area is 147 Å². The Balaban J connectivity index is 1.76. The zero-order valence-corrected chi connectivity index (χ0v) is 14.1. The number of hydrogen-bond acceptors (Lipinski definition) is 6. The number of anilines is 1. The van der Waals surface area contributed by atoms with Gasteiger partial charge < -0.3 is 5.32 Å². The number of nitrogens with zero attached hydrogens (tertiary/aromatic N) is 4. The molecule has 3 heterocycles. The molecule has 1 N–H and O–H groups in total. The monoisotopic (exact) mass is 375 g/mol. The van der Waals surface area contributed by atoms with Crippen LogP contribution in [0.3, 0.4) is 0 Å². The van der Waals surface area contributed by atoms with Gasteiger partial charge in [-0.1, -0.05) is 28.9 Å². The van der Waals surface area contributed by atoms with Crippen molar-refractivity contribution in [3.05, 3.63) is 59.1 Å². The summed E-state index contributed by atoms with van der Waals surface area (Å²) < 4.78 is 26.4. The van der Waals surface area contributed by atoms with Crippen LogP contribution in [-0.4, -0.2) is 34.3 Å². The predicted octanol–water partition coefficient (Wildman–Crippen LogP) is 1.86. The molecule has 1 aromatic carbocycles. The summed E-state index contributed by atoms with van der Waals surface area (Å²) in [7, 11) is -3.57. The Morgan fingerprint density at radius 1 is 1.24 bits per heavy atom. The number of para-hydroxylation sites is 1. The van der Waals surface area contributed by atoms with Gasteiger partial charge in [-0.3, -0.25) is 4.79 Å². The van der Waals surface area contributed by atoms with E-state index in [1.807, 2.05) is 0 Å². The van der Waals surface area contributed by atoms with Crippen LogP contribution >= 0.6 is 11.6 Å². The van der Waals surface area contributed by atoms with Crippen molar-refractivity contribution in [3.63, 3.8) is 0 Å². The molecule has 0 saturated heterocycles. The van der Waals surface area contributed by atoms with Crippen LogP contribution in [0.15, 0.2) is 47.5 Å². The zero-order chi connectivity index (χ0) is 17.6. The first-order chi connectivity index (χ1) is 12.0. The molecule has 0 unspecified atom stereocenters. The maximum atomic E-state index is 12.5. The Bertz CT molecular complexity index is 1110. The van der Waals surface area contributed by atoms with Crippen molar-refractivity contribution in [3.8, 4) is 5.69 Å². The highest BCUT2D eigenvalue weighted by Gasteiger charge is 2.33. The van der Waals surface area contributed by atoms with Crippen LogP contribution in [0.5, 0.6) is 0 Å². The molecule has 0 spiro atoms. The van der Waals surface area contributed by atoms with Crippen LogP contribution in [-0.2, 0) is 15.6 Å². The minimum atomic E-state index is -3.57. The van der Waals surface area contributed by atoms with Crippen LogP contribution in [0.1, 0.15) is 16.2 Å². The third kappa shape index (κ3) is 2.67. The number of halogens is 1. The number of carbonyl (C=O) groups excluding carboxylic acids is 1. The molecular formula is C15H10ClN5O3S. The molecule has 126 valence electrons. The maximum absolute atomic E-state index is 12.5. The Kier molecular flexibility index (Phi) is 3.55. The molecule has 1 aliphatic rings. The molecule has 10 heteroatoms. The van der Waals surface area contributed by atoms with E-state index in [2.05, 4.69) is 20.6 Å². The molecular weight excluding hydrogens is 366 g/mol. The van der Waals surface area contributed by atoms with Gasteiger partial charge in [0.15, 0.2) is 15.5 Å². The van der Waals surface area contributed by atoms with Crippen molar-refractivity contribution in [2.45, 2.75) is 10.6 Å². The Morgan fingerprint density at radius 2 is 2.04 bits per heavy atom. The lowest BCUT2D eigenvalue weighted by atomic mass is 10.2. The summed E-state index contributed by atoms with van der Waals surface area (Å²) in [6, 6.07) is 9.50. The lowest BCUT2D eigenvalue weighted by molar-refractivity contribution is 0.102. The molecule has 8 nitrogen and oxygen atoms in total. The van der Waals surface area contributed by atoms with E-state index in [0.717, 1.165) is 0 Å². The number of nitrogens with one attached hydrogen (secondary N) is 1. The van der Waals surface area contributed by atoms with Crippen molar-refractivity contribution >= 4 is 33.0 Å². The molecule has 25 heavy (non-hydrogen) atoms. The molecule has 0 fully saturated rings. The van der Waals surface area contributed by atoms with Crippen molar-refractivity contribution in [1.82, 2.24) is 20.0 Å². The van der Waals surface area contributed by atoms with Crippen LogP contribution in [0.25, 0.3) is 5.69 Å². The highest BCUT2D eigenvalue weighted by Crippen LogP contribution is 2.30. The smallest absolute Gasteiger partial charge is 0.278 e. The van der Waals surface area contributed by atoms with Gasteiger partial charge in [-0.2, -0.15) is 0 Å². The summed E-state index contributed by atoms with van der Waals surface area (Å²) in [5.74, 6) is -0.922. The van der Waals surface area contributed by atoms with Gasteiger partial charge in [-0.15, -0.1) is 5.10 Å². The van der Waals surface area contributed by atoms with Gasteiger partial charge in [0.1, 0.15) is 5.15 Å². The number of hydrogen-bond donors (Lipinski definition) is 1. The van der Waals surface area contributed by atoms with Crippen LogP contribution < -0.4 is 5.32 Å². The molecule has 0 radical (unpaired) electrons. The lowest BCUT2D eigenvalue weighted by Crippen LogP contribution is -2.22. The summed E-state index contributed by atoms with van der Waals surface area (Å²) in [4.78, 5) is 16.5. The summed E-state index contributed by atoms with van der Waals surface area (Å²) in [6.07, 6.45) is 1.44. The third-order valence-electron chi connectivity index (χ3n) is 3.72. The molecule has 1 amide bonds. The highest BCUT2D eigenvalue weighted by molar-refractivity contribution is 7.90. The van der Waals surface area contributed by atoms with Crippen LogP contribution in [0.2, 0.25) is 5.15 Å². The molecule has 0 bridgehead atoms. The number of sulfone groups is 1. The Hall–Kier alpha value is -2.78. The van der Waals surface area contributed by atoms with E-state index in [0.29, 0.717) is 11.4 Å². The summed E-state index contributed by atoms with van der Waals surface area (Å²) in [5, 5.41) is 10.6. The third-order valence-corrected chi connectivity index (χ3v) is 5.59. The van der Waals surface area contributed by atoms with Gasteiger partial charge >= 0.3 is 0 Å². The maximum Gasteiger partial charge on any atom is 0.278 e. The quantitative estimate of drug-likeness (QED) is 0.685. The second kappa shape index (κ2) is 5.64. The minimum absolute atomic E-state index is 0.0500. The van der Waals surface area contributed by atoms with E-state index in [1.54, 1.807) is 24.3 Å². The van der Waals surface area contributed by atoms with Crippen LogP contribution in [0.4, 0.5) is 5.69 Å². The number of rotatable bonds is 2. The van der Waals surface area contributed by atoms with E-state index in [-0.39, 0.29) is 27.2 Å². The fraction of sp³-hybridized carbons (Fsp3) is 0.0667. The molecule has 0 atom stereocenters. The molecule has 0 saturated carbocycles. The summed E-state index contributed by atoms with van der Waals surface area (Å²) in [6.45, 7) is 0. The highest BCUT2D eigenvalue weighted by atomic mass is 35.5. The van der Waals surface area contributed by atoms with Crippen molar-refractivity contribution < 1.29 is 13.2 Å². The topological polar surface area (TPSA) is 107 Å². The Morgan fingerprint density at radius 3 is 2.84 bits per heavy atom. The molecule has 0 aliphatic carbocycles. The van der Waals surface area contributed by atoms with E-state index >= 15 is 0 Å². The van der Waals surface area contributed by atoms with Crippen molar-refractivity contribution in [1.29, 1.82) is 0 Å². The van der Waals surface area contributed by atoms with Gasteiger partial charge in [0.05, 0.1) is 22.0 Å². The lowest BCUT2D eigenvalue weighted by Gasteiger charge is -2.17. The van der Waals surface area contributed by atoms with Gasteiger partial charge in [-0.05, 0) is 24.3 Å². The van der Waals surface area contributed by atoms with Crippen molar-refractivity contribution in [2.75, 3.05) is 5.32 Å². The van der Waals surface area contributed by atoms with E-state index < -0.39 is 15.7 Å². The SMILES string of the molecule is O=C(Nc1ccnc(Cl)c1)c1nnn2c1CS(=O)(=O)c1ccccc1-2. The first-order valence-electron chi connectivity index (χ1n) is 7.15. The molecule has 1 aliphatic heterocycles. The average Bonchev–Trinajstić information content (AvgIpc) is 2.98. The largest absolute Gasteiger partial charge is 0.320 e. The first-order valence-corrected chi connectivity index (χ1v) is 9.18. The second-order valence-corrected chi connectivity index (χ2v) is 7.69. The minimum Gasteiger partial charge on any atom is -0.320 e. The van der Waals surface area contributed by atoms with Crippen molar-refractivity contribution in [2.24, 2.45) is 0 Å². The summed E-state index contributed by atoms with van der Waals surface area (Å²) in [5.41, 5.74) is 0.968. The number of aromatic nitrogens is 4. The standard InChI is InChI=1S/C15H10ClN5O3S/c16-13-7-9(5-6-17-13)18-15(22)14-11-8-25(23,24)12-4-2-1-3-10(12)21(11)20-19-14/h1-7H,8H2,(H,17,18,22). The second-order valence-electron chi connectivity index (χ2n) is 5.34. The number of fused-ring (bicyclic) bond motifs is 3. The van der Waals surface area contributed by atoms with E-state index in [4.69, 9.17) is 11.6 Å². The van der Waals surface area contributed by atoms with Gasteiger partial charge in [0.2, 0.25) is 0 Å². The first kappa shape index (κ1) is 15.7. The fourth-order valence-corrected chi connectivity index (χ4v) is 4.33. The molecule has 4 rings (SSSR count). The summed E-state index contributed by atoms with van der Waals surface area (Å²) >= 11 is 5.79. The number of amides is 1.